The Morgan fingerprint density at radius 2 is 2.00 bits per heavy atom. The number of fused-ring (bicyclic) bond motifs is 4. The third-order valence-corrected chi connectivity index (χ3v) is 6.79. The van der Waals surface area contributed by atoms with Crippen LogP contribution in [0.4, 0.5) is 4.39 Å². The van der Waals surface area contributed by atoms with Gasteiger partial charge < -0.3 is 24.1 Å². The van der Waals surface area contributed by atoms with E-state index in [0.717, 1.165) is 20.9 Å². The summed E-state index contributed by atoms with van der Waals surface area (Å²) in [6, 6.07) is 11.7. The van der Waals surface area contributed by atoms with E-state index in [1.807, 2.05) is 24.4 Å². The lowest BCUT2D eigenvalue weighted by Crippen LogP contribution is -2.13. The van der Waals surface area contributed by atoms with Crippen molar-refractivity contribution >= 4 is 54.7 Å². The Labute approximate surface area is 198 Å². The summed E-state index contributed by atoms with van der Waals surface area (Å²) in [5.74, 6) is -1.78. The molecular weight excluding hydrogens is 505 g/mol. The van der Waals surface area contributed by atoms with Crippen LogP contribution in [0.15, 0.2) is 74.8 Å². The number of benzene rings is 2. The van der Waals surface area contributed by atoms with Gasteiger partial charge in [0.15, 0.2) is 0 Å². The van der Waals surface area contributed by atoms with Gasteiger partial charge in [0.2, 0.25) is 0 Å². The fourth-order valence-corrected chi connectivity index (χ4v) is 5.05. The van der Waals surface area contributed by atoms with Crippen LogP contribution in [0.5, 0.6) is 0 Å². The summed E-state index contributed by atoms with van der Waals surface area (Å²) in [7, 11) is 0. The highest BCUT2D eigenvalue weighted by molar-refractivity contribution is 9.10. The second-order valence-electron chi connectivity index (χ2n) is 7.95. The van der Waals surface area contributed by atoms with Crippen LogP contribution in [0.25, 0.3) is 43.9 Å². The first-order valence-corrected chi connectivity index (χ1v) is 11.1. The maximum absolute atomic E-state index is 15.0. The number of nitrogens with one attached hydrogen (secondary N) is 2. The van der Waals surface area contributed by atoms with E-state index in [1.165, 1.54) is 29.2 Å². The maximum atomic E-state index is 15.0. The highest BCUT2D eigenvalue weighted by Gasteiger charge is 2.29. The molecule has 34 heavy (non-hydrogen) atoms. The molecule has 0 spiro atoms. The monoisotopic (exact) mass is 519 g/mol. The normalized spacial score (nSPS) is 11.7. The van der Waals surface area contributed by atoms with Gasteiger partial charge in [-0.2, -0.15) is 0 Å². The Kier molecular flexibility index (Phi) is 4.50. The van der Waals surface area contributed by atoms with Crippen LogP contribution in [-0.4, -0.2) is 25.6 Å². The predicted octanol–water partition coefficient (Wildman–Crippen LogP) is 5.87. The minimum absolute atomic E-state index is 0.121. The number of aromatic carboxylic acids is 1. The van der Waals surface area contributed by atoms with Crippen LogP contribution >= 0.6 is 15.9 Å². The van der Waals surface area contributed by atoms with E-state index in [9.17, 15) is 14.7 Å². The molecule has 0 radical (unpaired) electrons. The zero-order chi connectivity index (χ0) is 23.6. The minimum atomic E-state index is -1.24. The average Bonchev–Trinajstić information content (AvgIpc) is 3.52. The van der Waals surface area contributed by atoms with E-state index in [1.54, 1.807) is 12.1 Å². The van der Waals surface area contributed by atoms with Gasteiger partial charge in [-0.3, -0.25) is 4.79 Å². The number of furan rings is 1. The van der Waals surface area contributed by atoms with Crippen LogP contribution < -0.4 is 5.56 Å². The van der Waals surface area contributed by atoms with E-state index in [0.29, 0.717) is 10.9 Å². The van der Waals surface area contributed by atoms with Gasteiger partial charge >= 0.3 is 5.97 Å². The maximum Gasteiger partial charge on any atom is 0.353 e. The summed E-state index contributed by atoms with van der Waals surface area (Å²) in [5, 5.41) is 11.8. The molecule has 6 aromatic rings. The molecule has 0 atom stereocenters. The van der Waals surface area contributed by atoms with Crippen molar-refractivity contribution in [1.29, 1.82) is 0 Å². The molecule has 7 nitrogen and oxygen atoms in total. The molecule has 0 aliphatic rings. The smallest absolute Gasteiger partial charge is 0.353 e. The van der Waals surface area contributed by atoms with Crippen molar-refractivity contribution in [2.75, 3.05) is 0 Å². The third-order valence-electron chi connectivity index (χ3n) is 6.06. The quantitative estimate of drug-likeness (QED) is 0.270. The molecule has 6 rings (SSSR count). The van der Waals surface area contributed by atoms with Crippen molar-refractivity contribution in [1.82, 2.24) is 14.5 Å². The molecule has 9 heteroatoms. The number of carboxylic acid groups (broad SMARTS) is 1. The summed E-state index contributed by atoms with van der Waals surface area (Å²) >= 11 is 3.57. The van der Waals surface area contributed by atoms with Crippen molar-refractivity contribution in [3.05, 3.63) is 93.0 Å². The Morgan fingerprint density at radius 1 is 1.15 bits per heavy atom. The molecule has 0 fully saturated rings. The number of H-pyrrole nitrogens is 2. The molecule has 4 aromatic heterocycles. The number of aromatic amines is 2. The largest absolute Gasteiger partial charge is 0.477 e. The molecule has 0 amide bonds. The Bertz CT molecular complexity index is 1830. The first-order chi connectivity index (χ1) is 16.4. The molecule has 0 saturated heterocycles. The first kappa shape index (κ1) is 20.5. The molecule has 0 bridgehead atoms. The van der Waals surface area contributed by atoms with Crippen molar-refractivity contribution in [3.8, 4) is 11.1 Å². The van der Waals surface area contributed by atoms with Crippen molar-refractivity contribution in [2.45, 2.75) is 6.54 Å². The van der Waals surface area contributed by atoms with Crippen LogP contribution in [0.3, 0.4) is 0 Å². The number of rotatable bonds is 4. The molecule has 4 heterocycles. The van der Waals surface area contributed by atoms with Gasteiger partial charge in [-0.1, -0.05) is 15.9 Å². The van der Waals surface area contributed by atoms with Crippen LogP contribution in [-0.2, 0) is 6.54 Å². The van der Waals surface area contributed by atoms with E-state index < -0.39 is 17.3 Å². The summed E-state index contributed by atoms with van der Waals surface area (Å²) < 4.78 is 22.9. The Morgan fingerprint density at radius 3 is 2.79 bits per heavy atom. The van der Waals surface area contributed by atoms with Gasteiger partial charge in [-0.05, 0) is 53.4 Å². The standard InChI is InChI=1S/C25H15BrFN3O4/c26-16-9-18-12(3-6-28-18)8-13(16)11-30-19-10-17(27)14-4-7-34-23(14)21(19)20(22(30)25(32)33)15-2-1-5-29-24(15)31/h1-10,28H,11H2,(H,29,31)(H,32,33). The molecule has 0 aliphatic heterocycles. The van der Waals surface area contributed by atoms with Gasteiger partial charge in [0, 0.05) is 34.5 Å². The molecule has 168 valence electrons. The van der Waals surface area contributed by atoms with E-state index in [4.69, 9.17) is 4.42 Å². The highest BCUT2D eigenvalue weighted by Crippen LogP contribution is 2.40. The zero-order valence-electron chi connectivity index (χ0n) is 17.4. The molecule has 3 N–H and O–H groups in total. The summed E-state index contributed by atoms with van der Waals surface area (Å²) in [4.78, 5) is 31.1. The topological polar surface area (TPSA) is 104 Å². The predicted molar refractivity (Wildman–Crippen MR) is 130 cm³/mol. The molecular formula is C25H15BrFN3O4. The lowest BCUT2D eigenvalue weighted by atomic mass is 10.0. The summed E-state index contributed by atoms with van der Waals surface area (Å²) in [6.45, 7) is 0.121. The van der Waals surface area contributed by atoms with Crippen molar-refractivity contribution in [3.63, 3.8) is 0 Å². The Hall–Kier alpha value is -4.11. The number of hydrogen-bond acceptors (Lipinski definition) is 3. The van der Waals surface area contributed by atoms with Crippen LogP contribution in [0.1, 0.15) is 16.1 Å². The van der Waals surface area contributed by atoms with Crippen LogP contribution in [0.2, 0.25) is 0 Å². The second-order valence-corrected chi connectivity index (χ2v) is 8.81. The van der Waals surface area contributed by atoms with Gasteiger partial charge in [-0.25, -0.2) is 9.18 Å². The molecule has 0 saturated carbocycles. The Balaban J connectivity index is 1.75. The highest BCUT2D eigenvalue weighted by atomic mass is 79.9. The van der Waals surface area contributed by atoms with Gasteiger partial charge in [0.05, 0.1) is 28.1 Å². The van der Waals surface area contributed by atoms with Crippen molar-refractivity contribution < 1.29 is 18.7 Å². The lowest BCUT2D eigenvalue weighted by molar-refractivity contribution is 0.0687. The van der Waals surface area contributed by atoms with E-state index >= 15 is 4.39 Å². The fraction of sp³-hybridized carbons (Fsp3) is 0.0400. The lowest BCUT2D eigenvalue weighted by Gasteiger charge is -2.11. The second kappa shape index (κ2) is 7.46. The average molecular weight is 520 g/mol. The summed E-state index contributed by atoms with van der Waals surface area (Å²) in [5.41, 5.74) is 1.98. The fourth-order valence-electron chi connectivity index (χ4n) is 4.59. The van der Waals surface area contributed by atoms with Gasteiger partial charge in [0.25, 0.3) is 5.56 Å². The van der Waals surface area contributed by atoms with Crippen LogP contribution in [0, 0.1) is 5.82 Å². The summed E-state index contributed by atoms with van der Waals surface area (Å²) in [6.07, 6.45) is 4.63. The minimum Gasteiger partial charge on any atom is -0.477 e. The number of halogens is 2. The third kappa shape index (κ3) is 2.94. The number of carboxylic acids is 1. The first-order valence-electron chi connectivity index (χ1n) is 10.3. The number of aromatic nitrogens is 3. The molecule has 0 unspecified atom stereocenters. The molecule has 2 aromatic carbocycles. The number of carbonyl (C=O) groups is 1. The number of pyridine rings is 1. The van der Waals surface area contributed by atoms with E-state index in [2.05, 4.69) is 25.9 Å². The van der Waals surface area contributed by atoms with Crippen molar-refractivity contribution in [2.24, 2.45) is 0 Å². The number of nitrogens with zero attached hydrogens (tertiary/aromatic N) is 1. The number of hydrogen-bond donors (Lipinski definition) is 3. The zero-order valence-corrected chi connectivity index (χ0v) is 18.9. The van der Waals surface area contributed by atoms with Gasteiger partial charge in [0.1, 0.15) is 17.1 Å². The van der Waals surface area contributed by atoms with E-state index in [-0.39, 0.29) is 34.3 Å². The molecule has 0 aliphatic carbocycles. The van der Waals surface area contributed by atoms with Gasteiger partial charge in [-0.15, -0.1) is 0 Å². The SMILES string of the molecule is O=C(O)c1c(-c2ccc[nH]c2=O)c2c3occc3c(F)cc2n1Cc1cc2cc[nH]c2cc1Br.